The maximum absolute atomic E-state index is 12.6. The van der Waals surface area contributed by atoms with E-state index in [4.69, 9.17) is 0 Å². The van der Waals surface area contributed by atoms with Crippen molar-refractivity contribution in [1.82, 2.24) is 20.4 Å². The summed E-state index contributed by atoms with van der Waals surface area (Å²) in [5.74, 6) is 1.38. The van der Waals surface area contributed by atoms with Crippen molar-refractivity contribution in [2.24, 2.45) is 11.8 Å². The standard InChI is InChI=1S/C19H32N4O.ClH/c1-14(2)8-9-15-5-3-7-17(15)21-19(24)18-10-12-23(22-18)16-6-4-11-20-13-16;/h10,12,14-17,20H,3-9,11,13H2,1-2H3,(H,21,24);1H. The molecule has 0 aromatic carbocycles. The highest BCUT2D eigenvalue weighted by Crippen LogP contribution is 2.30. The average molecular weight is 369 g/mol. The van der Waals surface area contributed by atoms with E-state index in [1.165, 1.54) is 32.1 Å². The number of carbonyl (C=O) groups excluding carboxylic acids is 1. The molecule has 1 aliphatic heterocycles. The van der Waals surface area contributed by atoms with Gasteiger partial charge in [-0.05, 0) is 56.6 Å². The van der Waals surface area contributed by atoms with E-state index in [1.807, 2.05) is 16.9 Å². The number of carbonyl (C=O) groups is 1. The Labute approximate surface area is 157 Å². The SMILES string of the molecule is CC(C)CCC1CCCC1NC(=O)c1ccn(C2CCCNC2)n1.Cl. The highest BCUT2D eigenvalue weighted by molar-refractivity contribution is 5.92. The molecule has 2 heterocycles. The van der Waals surface area contributed by atoms with Gasteiger partial charge in [0.05, 0.1) is 6.04 Å². The van der Waals surface area contributed by atoms with E-state index >= 15 is 0 Å². The molecule has 1 aromatic rings. The molecule has 25 heavy (non-hydrogen) atoms. The summed E-state index contributed by atoms with van der Waals surface area (Å²) in [5, 5.41) is 11.2. The Balaban J connectivity index is 0.00000225. The highest BCUT2D eigenvalue weighted by atomic mass is 35.5. The van der Waals surface area contributed by atoms with Gasteiger partial charge in [0.25, 0.3) is 5.91 Å². The van der Waals surface area contributed by atoms with E-state index in [9.17, 15) is 4.79 Å². The number of rotatable bonds is 6. The number of nitrogens with zero attached hydrogens (tertiary/aromatic N) is 2. The van der Waals surface area contributed by atoms with Crippen LogP contribution >= 0.6 is 12.4 Å². The first kappa shape index (κ1) is 20.2. The Morgan fingerprint density at radius 3 is 2.92 bits per heavy atom. The summed E-state index contributed by atoms with van der Waals surface area (Å²) < 4.78 is 1.96. The first-order chi connectivity index (χ1) is 11.6. The van der Waals surface area contributed by atoms with Crippen LogP contribution in [-0.4, -0.2) is 34.8 Å². The largest absolute Gasteiger partial charge is 0.348 e. The van der Waals surface area contributed by atoms with Gasteiger partial charge in [0.15, 0.2) is 0 Å². The second-order valence-corrected chi connectivity index (χ2v) is 7.92. The quantitative estimate of drug-likeness (QED) is 0.807. The van der Waals surface area contributed by atoms with Crippen LogP contribution in [0.15, 0.2) is 12.3 Å². The van der Waals surface area contributed by atoms with Gasteiger partial charge in [0.2, 0.25) is 0 Å². The van der Waals surface area contributed by atoms with Crippen molar-refractivity contribution in [3.8, 4) is 0 Å². The summed E-state index contributed by atoms with van der Waals surface area (Å²) in [4.78, 5) is 12.6. The van der Waals surface area contributed by atoms with Crippen LogP contribution in [0.1, 0.15) is 75.3 Å². The van der Waals surface area contributed by atoms with Crippen LogP contribution in [0.2, 0.25) is 0 Å². The molecule has 2 N–H and O–H groups in total. The Bertz CT molecular complexity index is 539. The van der Waals surface area contributed by atoms with Crippen LogP contribution in [0.5, 0.6) is 0 Å². The van der Waals surface area contributed by atoms with Crippen LogP contribution in [0.25, 0.3) is 0 Å². The van der Waals surface area contributed by atoms with Crippen molar-refractivity contribution >= 4 is 18.3 Å². The van der Waals surface area contributed by atoms with E-state index in [2.05, 4.69) is 29.6 Å². The maximum Gasteiger partial charge on any atom is 0.272 e. The third-order valence-corrected chi connectivity index (χ3v) is 5.58. The van der Waals surface area contributed by atoms with Crippen molar-refractivity contribution in [2.45, 2.75) is 70.9 Å². The summed E-state index contributed by atoms with van der Waals surface area (Å²) in [7, 11) is 0. The van der Waals surface area contributed by atoms with Gasteiger partial charge in [0.1, 0.15) is 5.69 Å². The zero-order valence-corrected chi connectivity index (χ0v) is 16.4. The molecule has 1 aliphatic carbocycles. The van der Waals surface area contributed by atoms with Gasteiger partial charge >= 0.3 is 0 Å². The molecule has 0 spiro atoms. The first-order valence-corrected chi connectivity index (χ1v) is 9.70. The highest BCUT2D eigenvalue weighted by Gasteiger charge is 2.29. The van der Waals surface area contributed by atoms with Crippen LogP contribution < -0.4 is 10.6 Å². The lowest BCUT2D eigenvalue weighted by molar-refractivity contribution is 0.0919. The third kappa shape index (κ3) is 5.45. The molecular formula is C19H33ClN4O. The van der Waals surface area contributed by atoms with E-state index < -0.39 is 0 Å². The zero-order chi connectivity index (χ0) is 16.9. The molecule has 6 heteroatoms. The van der Waals surface area contributed by atoms with Gasteiger partial charge in [-0.25, -0.2) is 0 Å². The maximum atomic E-state index is 12.6. The minimum absolute atomic E-state index is 0. The van der Waals surface area contributed by atoms with Crippen LogP contribution in [0.4, 0.5) is 0 Å². The fraction of sp³-hybridized carbons (Fsp3) is 0.789. The van der Waals surface area contributed by atoms with Crippen molar-refractivity contribution < 1.29 is 4.79 Å². The molecule has 0 radical (unpaired) electrons. The van der Waals surface area contributed by atoms with Crippen molar-refractivity contribution in [2.75, 3.05) is 13.1 Å². The van der Waals surface area contributed by atoms with Crippen LogP contribution in [0, 0.1) is 11.8 Å². The minimum Gasteiger partial charge on any atom is -0.348 e. The topological polar surface area (TPSA) is 59.0 Å². The third-order valence-electron chi connectivity index (χ3n) is 5.58. The van der Waals surface area contributed by atoms with E-state index in [-0.39, 0.29) is 18.3 Å². The summed E-state index contributed by atoms with van der Waals surface area (Å²) >= 11 is 0. The monoisotopic (exact) mass is 368 g/mol. The van der Waals surface area contributed by atoms with Gasteiger partial charge in [-0.3, -0.25) is 9.48 Å². The first-order valence-electron chi connectivity index (χ1n) is 9.70. The van der Waals surface area contributed by atoms with Crippen molar-refractivity contribution in [1.29, 1.82) is 0 Å². The normalized spacial score (nSPS) is 26.4. The van der Waals surface area contributed by atoms with Crippen LogP contribution in [0.3, 0.4) is 0 Å². The number of hydrogen-bond acceptors (Lipinski definition) is 3. The number of nitrogens with one attached hydrogen (secondary N) is 2. The Kier molecular flexibility index (Phi) is 7.76. The number of hydrogen-bond donors (Lipinski definition) is 2. The molecular weight excluding hydrogens is 336 g/mol. The molecule has 2 fully saturated rings. The number of piperidine rings is 1. The van der Waals surface area contributed by atoms with Crippen LogP contribution in [-0.2, 0) is 0 Å². The fourth-order valence-electron chi connectivity index (χ4n) is 4.08. The molecule has 0 bridgehead atoms. The van der Waals surface area contributed by atoms with Crippen molar-refractivity contribution in [3.05, 3.63) is 18.0 Å². The predicted octanol–water partition coefficient (Wildman–Crippen LogP) is 3.56. The summed E-state index contributed by atoms with van der Waals surface area (Å²) in [6.07, 6.45) is 10.3. The molecule has 3 unspecified atom stereocenters. The Morgan fingerprint density at radius 2 is 2.20 bits per heavy atom. The number of aromatic nitrogens is 2. The zero-order valence-electron chi connectivity index (χ0n) is 15.5. The molecule has 1 aromatic heterocycles. The van der Waals surface area contributed by atoms with E-state index in [0.717, 1.165) is 31.8 Å². The average Bonchev–Trinajstić information content (AvgIpc) is 3.23. The molecule has 2 aliphatic rings. The van der Waals surface area contributed by atoms with Gasteiger partial charge in [0, 0.05) is 18.8 Å². The second-order valence-electron chi connectivity index (χ2n) is 7.92. The smallest absolute Gasteiger partial charge is 0.272 e. The fourth-order valence-corrected chi connectivity index (χ4v) is 4.08. The molecule has 1 saturated carbocycles. The van der Waals surface area contributed by atoms with Gasteiger partial charge in [-0.1, -0.05) is 26.7 Å². The number of halogens is 1. The van der Waals surface area contributed by atoms with E-state index in [1.54, 1.807) is 0 Å². The molecule has 3 rings (SSSR count). The van der Waals surface area contributed by atoms with Gasteiger partial charge in [-0.15, -0.1) is 12.4 Å². The molecule has 5 nitrogen and oxygen atoms in total. The Hall–Kier alpha value is -1.07. The summed E-state index contributed by atoms with van der Waals surface area (Å²) in [5.41, 5.74) is 0.565. The van der Waals surface area contributed by atoms with Gasteiger partial charge in [-0.2, -0.15) is 5.10 Å². The number of amides is 1. The lowest BCUT2D eigenvalue weighted by atomic mass is 9.93. The Morgan fingerprint density at radius 1 is 1.36 bits per heavy atom. The van der Waals surface area contributed by atoms with Crippen molar-refractivity contribution in [3.63, 3.8) is 0 Å². The molecule has 142 valence electrons. The lowest BCUT2D eigenvalue weighted by Gasteiger charge is -2.23. The molecule has 3 atom stereocenters. The van der Waals surface area contributed by atoms with Gasteiger partial charge < -0.3 is 10.6 Å². The summed E-state index contributed by atoms with van der Waals surface area (Å²) in [6, 6.07) is 2.57. The lowest BCUT2D eigenvalue weighted by Crippen LogP contribution is -2.38. The minimum atomic E-state index is -0.000958. The predicted molar refractivity (Wildman–Crippen MR) is 103 cm³/mol. The van der Waals surface area contributed by atoms with E-state index in [0.29, 0.717) is 23.7 Å². The molecule has 1 saturated heterocycles. The second kappa shape index (κ2) is 9.58. The molecule has 1 amide bonds. The summed E-state index contributed by atoms with van der Waals surface area (Å²) in [6.45, 7) is 6.58.